The summed E-state index contributed by atoms with van der Waals surface area (Å²) in [5.41, 5.74) is 0. The highest BCUT2D eigenvalue weighted by Crippen LogP contribution is 2.28. The van der Waals surface area contributed by atoms with Crippen LogP contribution in [-0.2, 0) is 19.2 Å². The van der Waals surface area contributed by atoms with Crippen LogP contribution in [0, 0.1) is 11.8 Å². The van der Waals surface area contributed by atoms with Gasteiger partial charge in [0, 0.05) is 25.3 Å². The van der Waals surface area contributed by atoms with Crippen molar-refractivity contribution >= 4 is 23.8 Å². The van der Waals surface area contributed by atoms with Crippen molar-refractivity contribution in [1.82, 2.24) is 10.6 Å². The van der Waals surface area contributed by atoms with Crippen LogP contribution in [0.3, 0.4) is 0 Å². The average Bonchev–Trinajstić information content (AvgIpc) is 2.95. The van der Waals surface area contributed by atoms with Crippen molar-refractivity contribution in [1.29, 1.82) is 0 Å². The number of unbranched alkanes of at least 4 members (excludes halogenated alkanes) is 15. The van der Waals surface area contributed by atoms with E-state index >= 15 is 0 Å². The summed E-state index contributed by atoms with van der Waals surface area (Å²) in [5.74, 6) is -1.38. The Morgan fingerprint density at radius 3 is 1.51 bits per heavy atom. The maximum absolute atomic E-state index is 12.5. The lowest BCUT2D eigenvalue weighted by Crippen LogP contribution is -2.44. The second kappa shape index (κ2) is 24.5. The fraction of sp³-hybridized carbons (Fsp3) is 0.879. The van der Waals surface area contributed by atoms with Crippen molar-refractivity contribution in [2.75, 3.05) is 6.54 Å². The van der Waals surface area contributed by atoms with Crippen molar-refractivity contribution in [3.63, 3.8) is 0 Å². The molecular formula is C33H60N2O6. The van der Waals surface area contributed by atoms with Gasteiger partial charge in [-0.2, -0.15) is 0 Å². The molecule has 0 unspecified atom stereocenters. The summed E-state index contributed by atoms with van der Waals surface area (Å²) in [4.78, 5) is 46.5. The van der Waals surface area contributed by atoms with E-state index in [2.05, 4.69) is 10.6 Å². The van der Waals surface area contributed by atoms with Crippen molar-refractivity contribution in [2.24, 2.45) is 11.8 Å². The zero-order valence-corrected chi connectivity index (χ0v) is 25.9. The van der Waals surface area contributed by atoms with Gasteiger partial charge in [-0.3, -0.25) is 14.4 Å². The van der Waals surface area contributed by atoms with Crippen molar-refractivity contribution in [3.8, 4) is 0 Å². The number of carboxylic acid groups (broad SMARTS) is 2. The lowest BCUT2D eigenvalue weighted by molar-refractivity contribution is -0.143. The third kappa shape index (κ3) is 20.4. The number of hydrogen-bond donors (Lipinski definition) is 4. The molecule has 0 aromatic carbocycles. The summed E-state index contributed by atoms with van der Waals surface area (Å²) >= 11 is 0. The molecule has 1 aliphatic rings. The zero-order valence-electron chi connectivity index (χ0n) is 25.9. The van der Waals surface area contributed by atoms with E-state index in [1.165, 1.54) is 77.0 Å². The summed E-state index contributed by atoms with van der Waals surface area (Å²) in [5, 5.41) is 23.7. The van der Waals surface area contributed by atoms with Gasteiger partial charge in [-0.05, 0) is 50.9 Å². The normalized spacial score (nSPS) is 17.6. The Hall–Kier alpha value is -2.12. The first-order valence-electron chi connectivity index (χ1n) is 16.8. The lowest BCUT2D eigenvalue weighted by Gasteiger charge is -2.28. The maximum atomic E-state index is 12.5. The van der Waals surface area contributed by atoms with Gasteiger partial charge in [0.1, 0.15) is 6.04 Å². The van der Waals surface area contributed by atoms with E-state index in [4.69, 9.17) is 5.11 Å². The fourth-order valence-electron chi connectivity index (χ4n) is 5.85. The summed E-state index contributed by atoms with van der Waals surface area (Å²) < 4.78 is 0. The van der Waals surface area contributed by atoms with Gasteiger partial charge >= 0.3 is 11.9 Å². The second-order valence-corrected chi connectivity index (χ2v) is 12.3. The van der Waals surface area contributed by atoms with Crippen LogP contribution in [0.4, 0.5) is 0 Å². The Labute approximate surface area is 249 Å². The fourth-order valence-corrected chi connectivity index (χ4v) is 5.85. The summed E-state index contributed by atoms with van der Waals surface area (Å²) in [6.45, 7) is 2.59. The van der Waals surface area contributed by atoms with Crippen LogP contribution in [-0.4, -0.2) is 46.6 Å². The van der Waals surface area contributed by atoms with E-state index in [1.54, 1.807) is 0 Å². The molecule has 0 radical (unpaired) electrons. The van der Waals surface area contributed by atoms with E-state index in [1.807, 2.05) is 6.92 Å². The number of nitrogens with one attached hydrogen (secondary N) is 2. The molecule has 238 valence electrons. The Balaban J connectivity index is 1.89. The van der Waals surface area contributed by atoms with Crippen molar-refractivity contribution < 1.29 is 29.4 Å². The van der Waals surface area contributed by atoms with Gasteiger partial charge in [0.2, 0.25) is 11.8 Å². The highest BCUT2D eigenvalue weighted by atomic mass is 16.4. The monoisotopic (exact) mass is 580 g/mol. The van der Waals surface area contributed by atoms with E-state index in [-0.39, 0.29) is 17.7 Å². The minimum absolute atomic E-state index is 0.120. The summed E-state index contributed by atoms with van der Waals surface area (Å²) in [6, 6.07) is -0.795. The molecule has 1 saturated carbocycles. The molecule has 8 nitrogen and oxygen atoms in total. The van der Waals surface area contributed by atoms with Crippen LogP contribution in [0.15, 0.2) is 0 Å². The van der Waals surface area contributed by atoms with Gasteiger partial charge < -0.3 is 20.8 Å². The van der Waals surface area contributed by atoms with Crippen LogP contribution in [0.5, 0.6) is 0 Å². The third-order valence-electron chi connectivity index (χ3n) is 8.54. The number of hydrogen-bond acceptors (Lipinski definition) is 4. The second-order valence-electron chi connectivity index (χ2n) is 12.3. The van der Waals surface area contributed by atoms with Crippen LogP contribution < -0.4 is 10.6 Å². The molecule has 1 atom stereocenters. The molecule has 1 aliphatic carbocycles. The minimum Gasteiger partial charge on any atom is -0.481 e. The molecule has 2 amide bonds. The molecule has 0 aromatic rings. The van der Waals surface area contributed by atoms with E-state index in [9.17, 15) is 24.3 Å². The maximum Gasteiger partial charge on any atom is 0.326 e. The Morgan fingerprint density at radius 1 is 0.659 bits per heavy atom. The SMILES string of the molecule is CCC[C@H](NC(=O)C1CCC(CNC(=O)CCCCCCCCCCCCCCCCCCC(=O)O)CC1)C(=O)O. The van der Waals surface area contributed by atoms with E-state index in [0.717, 1.165) is 51.4 Å². The minimum atomic E-state index is -0.967. The molecule has 1 fully saturated rings. The Kier molecular flexibility index (Phi) is 22.0. The number of carbonyl (C=O) groups excluding carboxylic acids is 2. The molecule has 4 N–H and O–H groups in total. The topological polar surface area (TPSA) is 133 Å². The molecule has 41 heavy (non-hydrogen) atoms. The predicted octanol–water partition coefficient (Wildman–Crippen LogP) is 7.38. The number of amides is 2. The first kappa shape index (κ1) is 36.9. The molecule has 8 heteroatoms. The zero-order chi connectivity index (χ0) is 30.1. The molecular weight excluding hydrogens is 520 g/mol. The van der Waals surface area contributed by atoms with E-state index in [0.29, 0.717) is 38.1 Å². The van der Waals surface area contributed by atoms with Crippen LogP contribution in [0.2, 0.25) is 0 Å². The quantitative estimate of drug-likeness (QED) is 0.0789. The van der Waals surface area contributed by atoms with Gasteiger partial charge in [-0.15, -0.1) is 0 Å². The number of aliphatic carboxylic acids is 2. The molecule has 1 rings (SSSR count). The van der Waals surface area contributed by atoms with Gasteiger partial charge in [0.15, 0.2) is 0 Å². The predicted molar refractivity (Wildman–Crippen MR) is 164 cm³/mol. The lowest BCUT2D eigenvalue weighted by atomic mass is 9.81. The molecule has 0 aromatic heterocycles. The van der Waals surface area contributed by atoms with Gasteiger partial charge in [-0.1, -0.05) is 103 Å². The average molecular weight is 581 g/mol. The smallest absolute Gasteiger partial charge is 0.326 e. The van der Waals surface area contributed by atoms with Crippen molar-refractivity contribution in [3.05, 3.63) is 0 Å². The Bertz CT molecular complexity index is 721. The third-order valence-corrected chi connectivity index (χ3v) is 8.54. The summed E-state index contributed by atoms with van der Waals surface area (Å²) in [6.07, 6.45) is 24.6. The van der Waals surface area contributed by atoms with Gasteiger partial charge in [0.05, 0.1) is 0 Å². The highest BCUT2D eigenvalue weighted by Gasteiger charge is 2.29. The number of carbonyl (C=O) groups is 4. The first-order valence-corrected chi connectivity index (χ1v) is 16.8. The molecule has 0 saturated heterocycles. The van der Waals surface area contributed by atoms with Crippen LogP contribution >= 0.6 is 0 Å². The highest BCUT2D eigenvalue weighted by molar-refractivity contribution is 5.85. The summed E-state index contributed by atoms with van der Waals surface area (Å²) in [7, 11) is 0. The number of rotatable bonds is 26. The van der Waals surface area contributed by atoms with Crippen molar-refractivity contribution in [2.45, 2.75) is 167 Å². The largest absolute Gasteiger partial charge is 0.481 e. The molecule has 0 heterocycles. The Morgan fingerprint density at radius 2 is 1.10 bits per heavy atom. The van der Waals surface area contributed by atoms with E-state index < -0.39 is 18.0 Å². The van der Waals surface area contributed by atoms with Gasteiger partial charge in [0.25, 0.3) is 0 Å². The first-order chi connectivity index (χ1) is 19.8. The molecule has 0 bridgehead atoms. The standard InChI is InChI=1S/C33H60N2O6/c1-2-19-29(33(40)41)35-32(39)28-24-22-27(23-25-28)26-34-30(36)20-17-15-13-11-9-7-5-3-4-6-8-10-12-14-16-18-21-31(37)38/h27-29H,2-26H2,1H3,(H,34,36)(H,35,39)(H,37,38)(H,40,41)/t27?,28?,29-/m0/s1. The number of carboxylic acids is 2. The molecule has 0 aliphatic heterocycles. The molecule has 0 spiro atoms. The van der Waals surface area contributed by atoms with Gasteiger partial charge in [-0.25, -0.2) is 4.79 Å². The van der Waals surface area contributed by atoms with Crippen LogP contribution in [0.25, 0.3) is 0 Å². The van der Waals surface area contributed by atoms with Crippen LogP contribution in [0.1, 0.15) is 161 Å².